The number of carbonyl (C=O) groups is 1. The average molecular weight is 249 g/mol. The van der Waals surface area contributed by atoms with Crippen LogP contribution in [0.2, 0.25) is 0 Å². The van der Waals surface area contributed by atoms with E-state index in [1.165, 1.54) is 0 Å². The van der Waals surface area contributed by atoms with Gasteiger partial charge >= 0.3 is 0 Å². The standard InChI is InChI=1S/C14H23N3O/c1-10(2)11(9-15)14(18)16-12-7-5-6-8-13(12)17(3)4/h5-8,10-11H,9,15H2,1-4H3,(H,16,18). The summed E-state index contributed by atoms with van der Waals surface area (Å²) in [5.74, 6) is 0.0727. The van der Waals surface area contributed by atoms with Gasteiger partial charge in [-0.2, -0.15) is 0 Å². The Kier molecular flexibility index (Phi) is 5.16. The van der Waals surface area contributed by atoms with E-state index in [9.17, 15) is 4.79 Å². The van der Waals surface area contributed by atoms with Crippen LogP contribution in [0.3, 0.4) is 0 Å². The Morgan fingerprint density at radius 3 is 2.44 bits per heavy atom. The van der Waals surface area contributed by atoms with Gasteiger partial charge in [-0.3, -0.25) is 4.79 Å². The molecule has 0 aromatic heterocycles. The fourth-order valence-electron chi connectivity index (χ4n) is 1.88. The molecular weight excluding hydrogens is 226 g/mol. The molecule has 0 bridgehead atoms. The third kappa shape index (κ3) is 3.47. The van der Waals surface area contributed by atoms with Crippen LogP contribution in [0.25, 0.3) is 0 Å². The van der Waals surface area contributed by atoms with Crippen LogP contribution < -0.4 is 16.0 Å². The highest BCUT2D eigenvalue weighted by molar-refractivity contribution is 5.96. The van der Waals surface area contributed by atoms with Gasteiger partial charge in [0.05, 0.1) is 17.3 Å². The molecule has 1 unspecified atom stereocenters. The number of para-hydroxylation sites is 2. The Hall–Kier alpha value is -1.55. The van der Waals surface area contributed by atoms with Gasteiger partial charge in [0.25, 0.3) is 0 Å². The maximum atomic E-state index is 12.2. The molecule has 0 saturated carbocycles. The average Bonchev–Trinajstić information content (AvgIpc) is 2.29. The van der Waals surface area contributed by atoms with Crippen LogP contribution in [0, 0.1) is 11.8 Å². The zero-order valence-corrected chi connectivity index (χ0v) is 11.6. The summed E-state index contributed by atoms with van der Waals surface area (Å²) in [6.07, 6.45) is 0. The third-order valence-electron chi connectivity index (χ3n) is 3.04. The summed E-state index contributed by atoms with van der Waals surface area (Å²) < 4.78 is 0. The van der Waals surface area contributed by atoms with Crippen molar-refractivity contribution < 1.29 is 4.79 Å². The summed E-state index contributed by atoms with van der Waals surface area (Å²) in [7, 11) is 3.90. The zero-order valence-electron chi connectivity index (χ0n) is 11.6. The SMILES string of the molecule is CC(C)C(CN)C(=O)Nc1ccccc1N(C)C. The number of rotatable bonds is 5. The minimum Gasteiger partial charge on any atom is -0.376 e. The van der Waals surface area contributed by atoms with Crippen LogP contribution in [0.15, 0.2) is 24.3 Å². The summed E-state index contributed by atoms with van der Waals surface area (Å²) >= 11 is 0. The number of hydrogen-bond acceptors (Lipinski definition) is 3. The molecule has 1 atom stereocenters. The van der Waals surface area contributed by atoms with Crippen molar-refractivity contribution in [2.45, 2.75) is 13.8 Å². The fourth-order valence-corrected chi connectivity index (χ4v) is 1.88. The monoisotopic (exact) mass is 249 g/mol. The first-order valence-electron chi connectivity index (χ1n) is 6.24. The predicted molar refractivity (Wildman–Crippen MR) is 76.8 cm³/mol. The smallest absolute Gasteiger partial charge is 0.229 e. The number of hydrogen-bond donors (Lipinski definition) is 2. The van der Waals surface area contributed by atoms with Crippen molar-refractivity contribution in [3.05, 3.63) is 24.3 Å². The second kappa shape index (κ2) is 6.40. The largest absolute Gasteiger partial charge is 0.376 e. The number of nitrogens with one attached hydrogen (secondary N) is 1. The summed E-state index contributed by atoms with van der Waals surface area (Å²) in [6.45, 7) is 4.39. The van der Waals surface area contributed by atoms with Crippen molar-refractivity contribution in [3.63, 3.8) is 0 Å². The van der Waals surface area contributed by atoms with Gasteiger partial charge in [0.2, 0.25) is 5.91 Å². The molecule has 4 heteroatoms. The molecule has 0 radical (unpaired) electrons. The van der Waals surface area contributed by atoms with E-state index < -0.39 is 0 Å². The van der Waals surface area contributed by atoms with E-state index in [-0.39, 0.29) is 17.7 Å². The number of benzene rings is 1. The Morgan fingerprint density at radius 1 is 1.33 bits per heavy atom. The molecule has 3 N–H and O–H groups in total. The van der Waals surface area contributed by atoms with E-state index >= 15 is 0 Å². The quantitative estimate of drug-likeness (QED) is 0.838. The normalized spacial score (nSPS) is 12.3. The molecule has 0 heterocycles. The number of nitrogens with zero attached hydrogens (tertiary/aromatic N) is 1. The predicted octanol–water partition coefficient (Wildman–Crippen LogP) is 1.92. The van der Waals surface area contributed by atoms with Crippen LogP contribution in [0.5, 0.6) is 0 Å². The maximum absolute atomic E-state index is 12.2. The van der Waals surface area contributed by atoms with E-state index in [0.29, 0.717) is 6.54 Å². The summed E-state index contributed by atoms with van der Waals surface area (Å²) in [6, 6.07) is 7.74. The molecule has 0 aliphatic rings. The molecule has 100 valence electrons. The Morgan fingerprint density at radius 2 is 1.94 bits per heavy atom. The van der Waals surface area contributed by atoms with Gasteiger partial charge in [-0.15, -0.1) is 0 Å². The van der Waals surface area contributed by atoms with Crippen molar-refractivity contribution in [1.29, 1.82) is 0 Å². The van der Waals surface area contributed by atoms with Gasteiger partial charge in [0.15, 0.2) is 0 Å². The number of anilines is 2. The molecule has 1 aromatic rings. The molecule has 1 aromatic carbocycles. The number of nitrogens with two attached hydrogens (primary N) is 1. The van der Waals surface area contributed by atoms with Gasteiger partial charge < -0.3 is 16.0 Å². The van der Waals surface area contributed by atoms with Crippen molar-refractivity contribution in [1.82, 2.24) is 0 Å². The Balaban J connectivity index is 2.87. The highest BCUT2D eigenvalue weighted by atomic mass is 16.1. The maximum Gasteiger partial charge on any atom is 0.229 e. The molecule has 18 heavy (non-hydrogen) atoms. The minimum atomic E-state index is -0.153. The molecule has 0 aliphatic carbocycles. The van der Waals surface area contributed by atoms with Crippen molar-refractivity contribution >= 4 is 17.3 Å². The summed E-state index contributed by atoms with van der Waals surface area (Å²) in [5.41, 5.74) is 7.47. The molecule has 0 saturated heterocycles. The number of carbonyl (C=O) groups excluding carboxylic acids is 1. The van der Waals surface area contributed by atoms with Crippen LogP contribution in [-0.2, 0) is 4.79 Å². The van der Waals surface area contributed by atoms with E-state index in [1.54, 1.807) is 0 Å². The van der Waals surface area contributed by atoms with Gasteiger partial charge in [0.1, 0.15) is 0 Å². The lowest BCUT2D eigenvalue weighted by Gasteiger charge is -2.21. The van der Waals surface area contributed by atoms with E-state index in [4.69, 9.17) is 5.73 Å². The number of amides is 1. The topological polar surface area (TPSA) is 58.4 Å². The van der Waals surface area contributed by atoms with Gasteiger partial charge in [-0.1, -0.05) is 26.0 Å². The lowest BCUT2D eigenvalue weighted by atomic mass is 9.95. The molecule has 4 nitrogen and oxygen atoms in total. The highest BCUT2D eigenvalue weighted by Crippen LogP contribution is 2.24. The first-order chi connectivity index (χ1) is 8.47. The second-order valence-electron chi connectivity index (χ2n) is 4.99. The van der Waals surface area contributed by atoms with Gasteiger partial charge in [0, 0.05) is 20.6 Å². The molecular formula is C14H23N3O. The van der Waals surface area contributed by atoms with Gasteiger partial charge in [-0.25, -0.2) is 0 Å². The zero-order chi connectivity index (χ0) is 13.7. The van der Waals surface area contributed by atoms with E-state index in [0.717, 1.165) is 11.4 Å². The van der Waals surface area contributed by atoms with E-state index in [2.05, 4.69) is 5.32 Å². The minimum absolute atomic E-state index is 0.0122. The first kappa shape index (κ1) is 14.5. The van der Waals surface area contributed by atoms with Crippen LogP contribution >= 0.6 is 0 Å². The van der Waals surface area contributed by atoms with Gasteiger partial charge in [-0.05, 0) is 18.1 Å². The van der Waals surface area contributed by atoms with Crippen LogP contribution in [0.1, 0.15) is 13.8 Å². The van der Waals surface area contributed by atoms with Crippen molar-refractivity contribution in [2.24, 2.45) is 17.6 Å². The second-order valence-corrected chi connectivity index (χ2v) is 4.99. The van der Waals surface area contributed by atoms with Crippen LogP contribution in [-0.4, -0.2) is 26.5 Å². The fraction of sp³-hybridized carbons (Fsp3) is 0.500. The van der Waals surface area contributed by atoms with E-state index in [1.807, 2.05) is 57.1 Å². The first-order valence-corrected chi connectivity index (χ1v) is 6.24. The molecule has 0 aliphatic heterocycles. The molecule has 0 fully saturated rings. The highest BCUT2D eigenvalue weighted by Gasteiger charge is 2.21. The lowest BCUT2D eigenvalue weighted by Crippen LogP contribution is -2.33. The van der Waals surface area contributed by atoms with Crippen molar-refractivity contribution in [3.8, 4) is 0 Å². The molecule has 1 rings (SSSR count). The molecule has 1 amide bonds. The van der Waals surface area contributed by atoms with Crippen LogP contribution in [0.4, 0.5) is 11.4 Å². The Bertz CT molecular complexity index is 402. The third-order valence-corrected chi connectivity index (χ3v) is 3.04. The molecule has 0 spiro atoms. The lowest BCUT2D eigenvalue weighted by molar-refractivity contribution is -0.120. The summed E-state index contributed by atoms with van der Waals surface area (Å²) in [4.78, 5) is 14.1. The van der Waals surface area contributed by atoms with Crippen molar-refractivity contribution in [2.75, 3.05) is 30.9 Å². The Labute approximate surface area is 109 Å². The summed E-state index contributed by atoms with van der Waals surface area (Å²) in [5, 5.41) is 2.96.